The van der Waals surface area contributed by atoms with Gasteiger partial charge in [-0.1, -0.05) is 15.9 Å². The molecule has 1 aromatic carbocycles. The van der Waals surface area contributed by atoms with Gasteiger partial charge in [-0.2, -0.15) is 0 Å². The molecule has 0 aliphatic heterocycles. The van der Waals surface area contributed by atoms with Gasteiger partial charge in [0.1, 0.15) is 0 Å². The lowest BCUT2D eigenvalue weighted by molar-refractivity contribution is -0.385. The highest BCUT2D eigenvalue weighted by Crippen LogP contribution is 2.33. The molecule has 0 saturated heterocycles. The number of aldehydes is 1. The minimum absolute atomic E-state index is 0.00707. The Balaban J connectivity index is 3.13. The summed E-state index contributed by atoms with van der Waals surface area (Å²) in [7, 11) is 3.06. The summed E-state index contributed by atoms with van der Waals surface area (Å²) in [4.78, 5) is 33.8. The highest BCUT2D eigenvalue weighted by molar-refractivity contribution is 9.10. The van der Waals surface area contributed by atoms with Crippen molar-refractivity contribution in [2.45, 2.75) is 0 Å². The normalized spacial score (nSPS) is 9.84. The van der Waals surface area contributed by atoms with Crippen molar-refractivity contribution >= 4 is 33.8 Å². The van der Waals surface area contributed by atoms with Gasteiger partial charge in [-0.05, 0) is 6.07 Å². The first-order chi connectivity index (χ1) is 8.86. The Hall–Kier alpha value is -1.96. The van der Waals surface area contributed by atoms with Crippen LogP contribution in [0.5, 0.6) is 5.75 Å². The van der Waals surface area contributed by atoms with E-state index in [4.69, 9.17) is 4.74 Å². The molecule has 19 heavy (non-hydrogen) atoms. The maximum absolute atomic E-state index is 11.4. The SMILES string of the molecule is CN(C)C(=O)COc1c(C=O)cc(Br)cc1[N+](=O)[O-]. The van der Waals surface area contributed by atoms with Gasteiger partial charge >= 0.3 is 5.69 Å². The van der Waals surface area contributed by atoms with Gasteiger partial charge < -0.3 is 9.64 Å². The molecule has 0 radical (unpaired) electrons. The summed E-state index contributed by atoms with van der Waals surface area (Å²) in [6.45, 7) is -0.379. The summed E-state index contributed by atoms with van der Waals surface area (Å²) in [5.41, 5.74) is -0.365. The monoisotopic (exact) mass is 330 g/mol. The van der Waals surface area contributed by atoms with Crippen molar-refractivity contribution in [3.63, 3.8) is 0 Å². The number of nitrogens with zero attached hydrogens (tertiary/aromatic N) is 2. The van der Waals surface area contributed by atoms with Crippen LogP contribution in [0.4, 0.5) is 5.69 Å². The van der Waals surface area contributed by atoms with E-state index in [1.54, 1.807) is 0 Å². The number of benzene rings is 1. The van der Waals surface area contributed by atoms with Gasteiger partial charge in [-0.3, -0.25) is 19.7 Å². The van der Waals surface area contributed by atoms with Crippen molar-refractivity contribution in [2.75, 3.05) is 20.7 Å². The molecule has 0 heterocycles. The lowest BCUT2D eigenvalue weighted by atomic mass is 10.2. The number of hydrogen-bond acceptors (Lipinski definition) is 5. The van der Waals surface area contributed by atoms with E-state index in [-0.39, 0.29) is 29.5 Å². The lowest BCUT2D eigenvalue weighted by Gasteiger charge is -2.12. The Morgan fingerprint density at radius 2 is 2.16 bits per heavy atom. The van der Waals surface area contributed by atoms with Gasteiger partial charge in [-0.15, -0.1) is 0 Å². The molecule has 8 heteroatoms. The number of ether oxygens (including phenoxy) is 1. The summed E-state index contributed by atoms with van der Waals surface area (Å²) in [6.07, 6.45) is 0.438. The number of amides is 1. The van der Waals surface area contributed by atoms with Crippen LogP contribution >= 0.6 is 15.9 Å². The van der Waals surface area contributed by atoms with E-state index in [9.17, 15) is 19.7 Å². The predicted octanol–water partition coefficient (Wildman–Crippen LogP) is 1.64. The average Bonchev–Trinajstić information content (AvgIpc) is 2.35. The Bertz CT molecular complexity index is 530. The van der Waals surface area contributed by atoms with Crippen molar-refractivity contribution in [3.05, 3.63) is 32.3 Å². The third-order valence-electron chi connectivity index (χ3n) is 2.23. The minimum atomic E-state index is -0.673. The summed E-state index contributed by atoms with van der Waals surface area (Å²) in [6, 6.07) is 2.60. The van der Waals surface area contributed by atoms with Gasteiger partial charge in [0.25, 0.3) is 5.91 Å². The Morgan fingerprint density at radius 1 is 1.53 bits per heavy atom. The van der Waals surface area contributed by atoms with Crippen molar-refractivity contribution < 1.29 is 19.2 Å². The molecule has 0 aliphatic rings. The number of hydrogen-bond donors (Lipinski definition) is 0. The summed E-state index contributed by atoms with van der Waals surface area (Å²) in [5.74, 6) is -0.576. The molecule has 0 unspecified atom stereocenters. The first-order valence-electron chi connectivity index (χ1n) is 5.13. The fourth-order valence-electron chi connectivity index (χ4n) is 1.24. The number of halogens is 1. The van der Waals surface area contributed by atoms with E-state index in [1.165, 1.54) is 31.1 Å². The zero-order chi connectivity index (χ0) is 14.6. The second-order valence-corrected chi connectivity index (χ2v) is 4.71. The molecule has 7 nitrogen and oxygen atoms in total. The van der Waals surface area contributed by atoms with Gasteiger partial charge in [0.05, 0.1) is 10.5 Å². The van der Waals surface area contributed by atoms with Crippen molar-refractivity contribution in [1.82, 2.24) is 4.90 Å². The lowest BCUT2D eigenvalue weighted by Crippen LogP contribution is -2.27. The van der Waals surface area contributed by atoms with Crippen LogP contribution in [0, 0.1) is 10.1 Å². The average molecular weight is 331 g/mol. The van der Waals surface area contributed by atoms with E-state index in [1.807, 2.05) is 0 Å². The number of carbonyl (C=O) groups excluding carboxylic acids is 2. The molecule has 0 atom stereocenters. The van der Waals surface area contributed by atoms with E-state index < -0.39 is 4.92 Å². The summed E-state index contributed by atoms with van der Waals surface area (Å²) in [5, 5.41) is 10.9. The molecule has 0 bridgehead atoms. The van der Waals surface area contributed by atoms with Gasteiger partial charge in [0.15, 0.2) is 12.9 Å². The third-order valence-corrected chi connectivity index (χ3v) is 2.68. The standard InChI is InChI=1S/C11H11BrN2O5/c1-13(2)10(16)6-19-11-7(5-15)3-8(12)4-9(11)14(17)18/h3-5H,6H2,1-2H3. The fourth-order valence-corrected chi connectivity index (χ4v) is 1.71. The second-order valence-electron chi connectivity index (χ2n) is 3.80. The molecule has 1 amide bonds. The topological polar surface area (TPSA) is 89.8 Å². The molecule has 1 rings (SSSR count). The molecular weight excluding hydrogens is 320 g/mol. The highest BCUT2D eigenvalue weighted by Gasteiger charge is 2.21. The van der Waals surface area contributed by atoms with Crippen LogP contribution in [0.15, 0.2) is 16.6 Å². The van der Waals surface area contributed by atoms with E-state index >= 15 is 0 Å². The van der Waals surface area contributed by atoms with Crippen LogP contribution in [0.1, 0.15) is 10.4 Å². The first kappa shape index (κ1) is 15.1. The Morgan fingerprint density at radius 3 is 2.63 bits per heavy atom. The third kappa shape index (κ3) is 3.75. The maximum Gasteiger partial charge on any atom is 0.312 e. The van der Waals surface area contributed by atoms with Gasteiger partial charge in [-0.25, -0.2) is 0 Å². The van der Waals surface area contributed by atoms with Crippen LogP contribution < -0.4 is 4.74 Å². The molecular formula is C11H11BrN2O5. The number of nitro groups is 1. The summed E-state index contributed by atoms with van der Waals surface area (Å²) < 4.78 is 5.50. The molecule has 0 saturated carbocycles. The zero-order valence-corrected chi connectivity index (χ0v) is 11.8. The molecule has 1 aromatic rings. The number of rotatable bonds is 5. The molecule has 0 aliphatic carbocycles. The summed E-state index contributed by atoms with van der Waals surface area (Å²) >= 11 is 3.07. The molecule has 0 aromatic heterocycles. The quantitative estimate of drug-likeness (QED) is 0.465. The van der Waals surface area contributed by atoms with Crippen LogP contribution in [0.25, 0.3) is 0 Å². The zero-order valence-electron chi connectivity index (χ0n) is 10.3. The predicted molar refractivity (Wildman–Crippen MR) is 70.4 cm³/mol. The molecule has 0 fully saturated rings. The van der Waals surface area contributed by atoms with E-state index in [0.717, 1.165) is 0 Å². The first-order valence-corrected chi connectivity index (χ1v) is 5.92. The van der Waals surface area contributed by atoms with Crippen molar-refractivity contribution in [2.24, 2.45) is 0 Å². The number of nitro benzene ring substituents is 1. The minimum Gasteiger partial charge on any atom is -0.476 e. The molecule has 0 N–H and O–H groups in total. The Kier molecular flexibility index (Phi) is 4.99. The van der Waals surface area contributed by atoms with E-state index in [2.05, 4.69) is 15.9 Å². The second kappa shape index (κ2) is 6.28. The van der Waals surface area contributed by atoms with Gasteiger partial charge in [0, 0.05) is 24.6 Å². The van der Waals surface area contributed by atoms with E-state index in [0.29, 0.717) is 10.8 Å². The van der Waals surface area contributed by atoms with Crippen molar-refractivity contribution in [1.29, 1.82) is 0 Å². The molecule has 0 spiro atoms. The maximum atomic E-state index is 11.4. The highest BCUT2D eigenvalue weighted by atomic mass is 79.9. The number of likely N-dealkylation sites (N-methyl/N-ethyl adjacent to an activating group) is 1. The van der Waals surface area contributed by atoms with Crippen molar-refractivity contribution in [3.8, 4) is 5.75 Å². The molecule has 102 valence electrons. The van der Waals surface area contributed by atoms with Gasteiger partial charge in [0.2, 0.25) is 5.75 Å². The largest absolute Gasteiger partial charge is 0.476 e. The van der Waals surface area contributed by atoms with Crippen LogP contribution in [0.3, 0.4) is 0 Å². The number of carbonyl (C=O) groups is 2. The van der Waals surface area contributed by atoms with Crippen LogP contribution in [-0.4, -0.2) is 42.7 Å². The fraction of sp³-hybridized carbons (Fsp3) is 0.273. The Labute approximate surface area is 117 Å². The van der Waals surface area contributed by atoms with Crippen LogP contribution in [0.2, 0.25) is 0 Å². The smallest absolute Gasteiger partial charge is 0.312 e. The van der Waals surface area contributed by atoms with Crippen LogP contribution in [-0.2, 0) is 4.79 Å².